The molecule has 3 nitrogen and oxygen atoms in total. The normalized spacial score (nSPS) is 11.8. The number of para-hydroxylation sites is 1. The van der Waals surface area contributed by atoms with Crippen molar-refractivity contribution in [3.05, 3.63) is 63.1 Å². The number of hydrogen-bond acceptors (Lipinski definition) is 3. The molecule has 0 saturated carbocycles. The number of hydrogen-bond donors (Lipinski definition) is 1. The number of fused-ring (bicyclic) bond motifs is 1. The zero-order valence-corrected chi connectivity index (χ0v) is 14.1. The highest BCUT2D eigenvalue weighted by Crippen LogP contribution is 2.32. The number of nitrogens with zero attached hydrogens (tertiary/aromatic N) is 1. The summed E-state index contributed by atoms with van der Waals surface area (Å²) < 4.78 is 1.01. The minimum Gasteiger partial charge on any atom is -0.481 e. The molecule has 1 N–H and O–H groups in total. The Hall–Kier alpha value is -1.88. The molecule has 1 heterocycles. The number of thiazole rings is 1. The third-order valence-electron chi connectivity index (χ3n) is 3.20. The Balaban J connectivity index is 2.09. The molecule has 0 aliphatic carbocycles. The molecule has 0 spiro atoms. The third-order valence-corrected chi connectivity index (χ3v) is 4.88. The van der Waals surface area contributed by atoms with Gasteiger partial charge in [-0.25, -0.2) is 4.98 Å². The monoisotopic (exact) mass is 363 g/mol. The highest BCUT2D eigenvalue weighted by molar-refractivity contribution is 7.19. The van der Waals surface area contributed by atoms with Gasteiger partial charge in [-0.2, -0.15) is 0 Å². The quantitative estimate of drug-likeness (QED) is 0.654. The average Bonchev–Trinajstić information content (AvgIpc) is 2.92. The molecule has 0 aliphatic heterocycles. The molecule has 0 fully saturated rings. The molecule has 116 valence electrons. The van der Waals surface area contributed by atoms with E-state index in [2.05, 4.69) is 4.98 Å². The maximum atomic E-state index is 11.2. The zero-order valence-electron chi connectivity index (χ0n) is 11.8. The minimum atomic E-state index is -0.916. The van der Waals surface area contributed by atoms with Crippen molar-refractivity contribution in [1.82, 2.24) is 4.98 Å². The summed E-state index contributed by atoms with van der Waals surface area (Å²) in [5, 5.41) is 10.9. The van der Waals surface area contributed by atoms with Gasteiger partial charge in [-0.3, -0.25) is 4.79 Å². The number of carboxylic acid groups (broad SMARTS) is 1. The summed E-state index contributed by atoms with van der Waals surface area (Å²) in [4.78, 5) is 15.7. The lowest BCUT2D eigenvalue weighted by Gasteiger charge is -2.04. The van der Waals surface area contributed by atoms with Crippen LogP contribution in [0.4, 0.5) is 0 Å². The van der Waals surface area contributed by atoms with Crippen LogP contribution in [0.3, 0.4) is 0 Å². The van der Waals surface area contributed by atoms with Crippen LogP contribution < -0.4 is 0 Å². The van der Waals surface area contributed by atoms with E-state index in [1.54, 1.807) is 24.3 Å². The molecule has 0 unspecified atom stereocenters. The van der Waals surface area contributed by atoms with E-state index in [0.29, 0.717) is 26.2 Å². The molecule has 23 heavy (non-hydrogen) atoms. The topological polar surface area (TPSA) is 50.2 Å². The molecule has 0 radical (unpaired) electrons. The average molecular weight is 364 g/mol. The Morgan fingerprint density at radius 2 is 2.00 bits per heavy atom. The summed E-state index contributed by atoms with van der Waals surface area (Å²) in [5.74, 6) is -0.916. The molecular formula is C17H11Cl2NO2S. The molecule has 3 aromatic rings. The number of benzene rings is 2. The summed E-state index contributed by atoms with van der Waals surface area (Å²) in [7, 11) is 0. The number of halogens is 2. The number of aliphatic carboxylic acids is 1. The first-order chi connectivity index (χ1) is 11.0. The molecular weight excluding hydrogens is 353 g/mol. The zero-order chi connectivity index (χ0) is 16.4. The smallest absolute Gasteiger partial charge is 0.307 e. The van der Waals surface area contributed by atoms with E-state index in [-0.39, 0.29) is 6.42 Å². The van der Waals surface area contributed by atoms with Gasteiger partial charge in [0.1, 0.15) is 5.01 Å². The largest absolute Gasteiger partial charge is 0.481 e. The molecule has 0 aliphatic rings. The van der Waals surface area contributed by atoms with E-state index >= 15 is 0 Å². The number of carbonyl (C=O) groups is 1. The second-order valence-corrected chi connectivity index (χ2v) is 6.77. The predicted octanol–water partition coefficient (Wildman–Crippen LogP) is 5.62. The molecule has 0 saturated heterocycles. The van der Waals surface area contributed by atoms with Crippen LogP contribution in [0.1, 0.15) is 17.0 Å². The Bertz CT molecular complexity index is 885. The van der Waals surface area contributed by atoms with Crippen molar-refractivity contribution in [3.63, 3.8) is 0 Å². The first-order valence-electron chi connectivity index (χ1n) is 6.76. The first kappa shape index (κ1) is 16.0. The van der Waals surface area contributed by atoms with Gasteiger partial charge in [-0.15, -0.1) is 11.3 Å². The van der Waals surface area contributed by atoms with Gasteiger partial charge in [-0.05, 0) is 41.5 Å². The van der Waals surface area contributed by atoms with Crippen LogP contribution in [0.15, 0.2) is 42.5 Å². The fraction of sp³-hybridized carbons (Fsp3) is 0.0588. The van der Waals surface area contributed by atoms with Crippen LogP contribution in [0.5, 0.6) is 0 Å². The van der Waals surface area contributed by atoms with E-state index < -0.39 is 5.97 Å². The van der Waals surface area contributed by atoms with Crippen molar-refractivity contribution < 1.29 is 9.90 Å². The van der Waals surface area contributed by atoms with Crippen LogP contribution in [0.25, 0.3) is 21.9 Å². The van der Waals surface area contributed by atoms with Crippen LogP contribution in [0.2, 0.25) is 10.0 Å². The summed E-state index contributed by atoms with van der Waals surface area (Å²) >= 11 is 13.5. The van der Waals surface area contributed by atoms with E-state index in [1.807, 2.05) is 24.3 Å². The van der Waals surface area contributed by atoms with Crippen molar-refractivity contribution in [2.75, 3.05) is 0 Å². The maximum absolute atomic E-state index is 11.2. The van der Waals surface area contributed by atoms with Gasteiger partial charge in [0.15, 0.2) is 0 Å². The first-order valence-corrected chi connectivity index (χ1v) is 8.33. The van der Waals surface area contributed by atoms with Crippen molar-refractivity contribution in [2.24, 2.45) is 0 Å². The lowest BCUT2D eigenvalue weighted by Crippen LogP contribution is -1.97. The molecule has 0 bridgehead atoms. The highest BCUT2D eigenvalue weighted by Gasteiger charge is 2.13. The van der Waals surface area contributed by atoms with E-state index in [9.17, 15) is 9.90 Å². The van der Waals surface area contributed by atoms with Crippen LogP contribution in [0, 0.1) is 0 Å². The van der Waals surface area contributed by atoms with Crippen LogP contribution >= 0.6 is 34.5 Å². The maximum Gasteiger partial charge on any atom is 0.307 e. The Labute approximate surface area is 146 Å². The van der Waals surface area contributed by atoms with E-state index in [1.165, 1.54) is 11.3 Å². The second kappa shape index (κ2) is 6.71. The number of rotatable bonds is 4. The Kier molecular flexibility index (Phi) is 4.66. The van der Waals surface area contributed by atoms with E-state index in [4.69, 9.17) is 23.2 Å². The van der Waals surface area contributed by atoms with Crippen LogP contribution in [-0.2, 0) is 4.79 Å². The van der Waals surface area contributed by atoms with Gasteiger partial charge in [-0.1, -0.05) is 41.4 Å². The van der Waals surface area contributed by atoms with Gasteiger partial charge >= 0.3 is 5.97 Å². The number of aromatic nitrogens is 1. The summed E-state index contributed by atoms with van der Waals surface area (Å²) in [6.07, 6.45) is 1.63. The van der Waals surface area contributed by atoms with Gasteiger partial charge in [0.05, 0.1) is 16.6 Å². The molecule has 6 heteroatoms. The molecule has 0 atom stereocenters. The van der Waals surface area contributed by atoms with E-state index in [0.717, 1.165) is 10.2 Å². The molecule has 0 amide bonds. The summed E-state index contributed by atoms with van der Waals surface area (Å²) in [6, 6.07) is 12.8. The third kappa shape index (κ3) is 3.72. The molecule has 1 aromatic heterocycles. The lowest BCUT2D eigenvalue weighted by molar-refractivity contribution is -0.135. The van der Waals surface area contributed by atoms with Gasteiger partial charge in [0.25, 0.3) is 0 Å². The number of carboxylic acids is 1. The SMILES string of the molecule is O=C(O)C/C(=C\c1ccc(Cl)cc1Cl)c1nc2ccccc2s1. The lowest BCUT2D eigenvalue weighted by atomic mass is 10.1. The van der Waals surface area contributed by atoms with Crippen molar-refractivity contribution in [3.8, 4) is 0 Å². The fourth-order valence-corrected chi connectivity index (χ4v) is 3.61. The molecule has 2 aromatic carbocycles. The standard InChI is InChI=1S/C17H11Cl2NO2S/c18-12-6-5-10(13(19)9-12)7-11(8-16(21)22)17-20-14-3-1-2-4-15(14)23-17/h1-7,9H,8H2,(H,21,22)/b11-7+. The fourth-order valence-electron chi connectivity index (χ4n) is 2.17. The highest BCUT2D eigenvalue weighted by atomic mass is 35.5. The van der Waals surface area contributed by atoms with Gasteiger partial charge < -0.3 is 5.11 Å². The summed E-state index contributed by atoms with van der Waals surface area (Å²) in [5.41, 5.74) is 2.18. The predicted molar refractivity (Wildman–Crippen MR) is 96.2 cm³/mol. The minimum absolute atomic E-state index is 0.126. The van der Waals surface area contributed by atoms with Gasteiger partial charge in [0.2, 0.25) is 0 Å². The van der Waals surface area contributed by atoms with Crippen LogP contribution in [-0.4, -0.2) is 16.1 Å². The Morgan fingerprint density at radius 3 is 2.70 bits per heavy atom. The van der Waals surface area contributed by atoms with Crippen molar-refractivity contribution >= 4 is 62.4 Å². The second-order valence-electron chi connectivity index (χ2n) is 4.89. The van der Waals surface area contributed by atoms with Crippen molar-refractivity contribution in [2.45, 2.75) is 6.42 Å². The Morgan fingerprint density at radius 1 is 1.22 bits per heavy atom. The van der Waals surface area contributed by atoms with Gasteiger partial charge in [0, 0.05) is 10.0 Å². The van der Waals surface area contributed by atoms with Crippen molar-refractivity contribution in [1.29, 1.82) is 0 Å². The summed E-state index contributed by atoms with van der Waals surface area (Å²) in [6.45, 7) is 0. The molecule has 3 rings (SSSR count).